The Labute approximate surface area is 124 Å². The minimum absolute atomic E-state index is 0.114. The van der Waals surface area contributed by atoms with Crippen molar-refractivity contribution < 1.29 is 14.7 Å². The van der Waals surface area contributed by atoms with Crippen molar-refractivity contribution in [1.82, 2.24) is 4.90 Å². The van der Waals surface area contributed by atoms with Crippen LogP contribution in [-0.2, 0) is 16.0 Å². The number of carbonyl (C=O) groups is 2. The monoisotopic (exact) mass is 287 g/mol. The van der Waals surface area contributed by atoms with Gasteiger partial charge in [-0.25, -0.2) is 0 Å². The van der Waals surface area contributed by atoms with E-state index in [1.54, 1.807) is 11.9 Å². The maximum atomic E-state index is 12.5. The second kappa shape index (κ2) is 5.51. The molecule has 21 heavy (non-hydrogen) atoms. The maximum absolute atomic E-state index is 12.5. The standard InChI is InChI=1S/C17H21NO3/c1-18(10-4-7-14(19)20)17(21)16-13-9-8-11-5-2-3-6-12(11)15(13)16/h2-3,5-6,13,15-16H,4,7-10H2,1H3,(H,19,20). The van der Waals surface area contributed by atoms with Gasteiger partial charge in [-0.05, 0) is 42.2 Å². The summed E-state index contributed by atoms with van der Waals surface area (Å²) < 4.78 is 0. The smallest absolute Gasteiger partial charge is 0.303 e. The molecule has 1 N–H and O–H groups in total. The topological polar surface area (TPSA) is 57.6 Å². The fourth-order valence-electron chi connectivity index (χ4n) is 3.74. The van der Waals surface area contributed by atoms with Crippen LogP contribution < -0.4 is 0 Å². The van der Waals surface area contributed by atoms with Gasteiger partial charge in [-0.15, -0.1) is 0 Å². The van der Waals surface area contributed by atoms with E-state index in [4.69, 9.17) is 5.11 Å². The molecule has 0 saturated heterocycles. The van der Waals surface area contributed by atoms with Crippen molar-refractivity contribution in [1.29, 1.82) is 0 Å². The molecule has 2 aliphatic carbocycles. The van der Waals surface area contributed by atoms with Gasteiger partial charge in [-0.3, -0.25) is 9.59 Å². The van der Waals surface area contributed by atoms with Crippen molar-refractivity contribution in [2.75, 3.05) is 13.6 Å². The zero-order valence-electron chi connectivity index (χ0n) is 12.3. The van der Waals surface area contributed by atoms with Crippen LogP contribution in [0.5, 0.6) is 0 Å². The third-order valence-electron chi connectivity index (χ3n) is 4.88. The molecule has 2 aliphatic rings. The summed E-state index contributed by atoms with van der Waals surface area (Å²) in [7, 11) is 1.79. The molecule has 0 aromatic heterocycles. The molecule has 3 atom stereocenters. The second-order valence-electron chi connectivity index (χ2n) is 6.21. The normalized spacial score (nSPS) is 25.7. The Hall–Kier alpha value is -1.84. The number of benzene rings is 1. The summed E-state index contributed by atoms with van der Waals surface area (Å²) in [5, 5.41) is 8.66. The Balaban J connectivity index is 1.62. The molecule has 112 valence electrons. The summed E-state index contributed by atoms with van der Waals surface area (Å²) in [6.07, 6.45) is 2.82. The predicted octanol–water partition coefficient (Wildman–Crippen LogP) is 2.29. The molecular formula is C17H21NO3. The van der Waals surface area contributed by atoms with Gasteiger partial charge < -0.3 is 10.0 Å². The average Bonchev–Trinajstić information content (AvgIpc) is 3.20. The number of carbonyl (C=O) groups excluding carboxylic acids is 1. The predicted molar refractivity (Wildman–Crippen MR) is 79.0 cm³/mol. The van der Waals surface area contributed by atoms with Crippen LogP contribution in [0.15, 0.2) is 24.3 Å². The zero-order valence-corrected chi connectivity index (χ0v) is 12.3. The van der Waals surface area contributed by atoms with E-state index in [9.17, 15) is 9.59 Å². The van der Waals surface area contributed by atoms with E-state index in [1.807, 2.05) is 0 Å². The third-order valence-corrected chi connectivity index (χ3v) is 4.88. The Morgan fingerprint density at radius 1 is 1.33 bits per heavy atom. The number of carboxylic acids is 1. The SMILES string of the molecule is CN(CCCC(=O)O)C(=O)C1C2CCc3ccccc3C21. The number of amides is 1. The fourth-order valence-corrected chi connectivity index (χ4v) is 3.74. The molecular weight excluding hydrogens is 266 g/mol. The largest absolute Gasteiger partial charge is 0.481 e. The Morgan fingerprint density at radius 3 is 2.86 bits per heavy atom. The van der Waals surface area contributed by atoms with Gasteiger partial charge in [0.2, 0.25) is 5.91 Å². The molecule has 3 rings (SSSR count). The van der Waals surface area contributed by atoms with Gasteiger partial charge in [0.25, 0.3) is 0 Å². The first-order chi connectivity index (χ1) is 10.1. The highest BCUT2D eigenvalue weighted by Crippen LogP contribution is 2.60. The van der Waals surface area contributed by atoms with E-state index >= 15 is 0 Å². The molecule has 0 aliphatic heterocycles. The molecule has 0 radical (unpaired) electrons. The first-order valence-electron chi connectivity index (χ1n) is 7.64. The van der Waals surface area contributed by atoms with Crippen molar-refractivity contribution in [3.63, 3.8) is 0 Å². The summed E-state index contributed by atoms with van der Waals surface area (Å²) in [4.78, 5) is 24.8. The van der Waals surface area contributed by atoms with E-state index < -0.39 is 5.97 Å². The number of carboxylic acid groups (broad SMARTS) is 1. The summed E-state index contributed by atoms with van der Waals surface area (Å²) in [6.45, 7) is 0.530. The van der Waals surface area contributed by atoms with Gasteiger partial charge >= 0.3 is 5.97 Å². The first-order valence-corrected chi connectivity index (χ1v) is 7.64. The molecule has 4 nitrogen and oxygen atoms in total. The summed E-state index contributed by atoms with van der Waals surface area (Å²) in [5.41, 5.74) is 2.74. The molecule has 1 amide bonds. The molecule has 0 spiro atoms. The molecule has 0 bridgehead atoms. The Bertz CT molecular complexity index is 569. The van der Waals surface area contributed by atoms with Gasteiger partial charge in [-0.1, -0.05) is 24.3 Å². The van der Waals surface area contributed by atoms with Crippen LogP contribution in [0.4, 0.5) is 0 Å². The Kier molecular flexibility index (Phi) is 3.70. The zero-order chi connectivity index (χ0) is 15.0. The van der Waals surface area contributed by atoms with E-state index in [1.165, 1.54) is 11.1 Å². The molecule has 1 aromatic carbocycles. The van der Waals surface area contributed by atoms with Crippen LogP contribution in [0, 0.1) is 11.8 Å². The molecule has 1 fully saturated rings. The Morgan fingerprint density at radius 2 is 2.10 bits per heavy atom. The highest BCUT2D eigenvalue weighted by molar-refractivity contribution is 5.84. The van der Waals surface area contributed by atoms with Crippen LogP contribution in [0.3, 0.4) is 0 Å². The molecule has 4 heteroatoms. The number of aryl methyl sites for hydroxylation is 1. The summed E-state index contributed by atoms with van der Waals surface area (Å²) >= 11 is 0. The van der Waals surface area contributed by atoms with E-state index in [0.29, 0.717) is 24.8 Å². The lowest BCUT2D eigenvalue weighted by Crippen LogP contribution is -2.30. The van der Waals surface area contributed by atoms with Gasteiger partial charge in [0.05, 0.1) is 0 Å². The van der Waals surface area contributed by atoms with Crippen LogP contribution >= 0.6 is 0 Å². The molecule has 1 aromatic rings. The second-order valence-corrected chi connectivity index (χ2v) is 6.21. The van der Waals surface area contributed by atoms with Gasteiger partial charge in [0.1, 0.15) is 0 Å². The summed E-state index contributed by atoms with van der Waals surface area (Å²) in [6, 6.07) is 8.44. The summed E-state index contributed by atoms with van der Waals surface area (Å²) in [5.74, 6) is 0.388. The minimum atomic E-state index is -0.801. The number of fused-ring (bicyclic) bond motifs is 3. The number of nitrogens with zero attached hydrogens (tertiary/aromatic N) is 1. The van der Waals surface area contributed by atoms with Crippen molar-refractivity contribution >= 4 is 11.9 Å². The number of hydrogen-bond acceptors (Lipinski definition) is 2. The number of rotatable bonds is 5. The third kappa shape index (κ3) is 2.67. The van der Waals surface area contributed by atoms with E-state index in [0.717, 1.165) is 12.8 Å². The van der Waals surface area contributed by atoms with Crippen molar-refractivity contribution in [3.05, 3.63) is 35.4 Å². The van der Waals surface area contributed by atoms with Gasteiger partial charge in [0, 0.05) is 25.9 Å². The van der Waals surface area contributed by atoms with E-state index in [2.05, 4.69) is 24.3 Å². The lowest BCUT2D eigenvalue weighted by molar-refractivity contribution is -0.138. The number of aliphatic carboxylic acids is 1. The van der Waals surface area contributed by atoms with Crippen molar-refractivity contribution in [2.45, 2.75) is 31.6 Å². The van der Waals surface area contributed by atoms with Crippen LogP contribution in [0.1, 0.15) is 36.3 Å². The molecule has 0 heterocycles. The lowest BCUT2D eigenvalue weighted by Gasteiger charge is -2.16. The maximum Gasteiger partial charge on any atom is 0.303 e. The van der Waals surface area contributed by atoms with Gasteiger partial charge in [0.15, 0.2) is 0 Å². The highest BCUT2D eigenvalue weighted by atomic mass is 16.4. The fraction of sp³-hybridized carbons (Fsp3) is 0.529. The molecule has 1 saturated carbocycles. The van der Waals surface area contributed by atoms with Crippen molar-refractivity contribution in [3.8, 4) is 0 Å². The number of hydrogen-bond donors (Lipinski definition) is 1. The van der Waals surface area contributed by atoms with Crippen LogP contribution in [0.25, 0.3) is 0 Å². The van der Waals surface area contributed by atoms with Gasteiger partial charge in [-0.2, -0.15) is 0 Å². The quantitative estimate of drug-likeness (QED) is 0.904. The van der Waals surface area contributed by atoms with Crippen LogP contribution in [-0.4, -0.2) is 35.5 Å². The lowest BCUT2D eigenvalue weighted by atomic mass is 9.92. The van der Waals surface area contributed by atoms with Crippen molar-refractivity contribution in [2.24, 2.45) is 11.8 Å². The molecule has 3 unspecified atom stereocenters. The van der Waals surface area contributed by atoms with E-state index in [-0.39, 0.29) is 18.2 Å². The first kappa shape index (κ1) is 14.1. The average molecular weight is 287 g/mol. The highest BCUT2D eigenvalue weighted by Gasteiger charge is 2.57. The van der Waals surface area contributed by atoms with Crippen LogP contribution in [0.2, 0.25) is 0 Å². The minimum Gasteiger partial charge on any atom is -0.481 e.